The molecule has 7 nitrogen and oxygen atoms in total. The van der Waals surface area contributed by atoms with Gasteiger partial charge >= 0.3 is 5.97 Å². The molecule has 7 heteroatoms. The van der Waals surface area contributed by atoms with Gasteiger partial charge in [0.15, 0.2) is 12.4 Å². The van der Waals surface area contributed by atoms with Gasteiger partial charge in [-0.2, -0.15) is 0 Å². The lowest BCUT2D eigenvalue weighted by Crippen LogP contribution is -2.49. The van der Waals surface area contributed by atoms with Gasteiger partial charge in [0.05, 0.1) is 2.74 Å². The van der Waals surface area contributed by atoms with Crippen molar-refractivity contribution in [3.05, 3.63) is 0 Å². The molecule has 4 atom stereocenters. The number of aliphatic hydroxyl groups is 2. The SMILES string of the molecule is [2H]CO[C@@H]([C@H](O)[C@H](C=O)OC[2H])[C@H](O)C(=O)O. The Labute approximate surface area is 89.0 Å². The van der Waals surface area contributed by atoms with Crippen molar-refractivity contribution in [1.29, 1.82) is 0 Å². The highest BCUT2D eigenvalue weighted by atomic mass is 16.5. The molecule has 15 heavy (non-hydrogen) atoms. The second kappa shape index (κ2) is 6.46. The van der Waals surface area contributed by atoms with E-state index in [4.69, 9.17) is 7.85 Å². The van der Waals surface area contributed by atoms with E-state index >= 15 is 0 Å². The Balaban J connectivity index is 4.77. The van der Waals surface area contributed by atoms with Crippen LogP contribution in [0.3, 0.4) is 0 Å². The van der Waals surface area contributed by atoms with Crippen molar-refractivity contribution < 1.29 is 37.1 Å². The molecule has 0 bridgehead atoms. The second-order valence-electron chi connectivity index (χ2n) is 2.67. The Bertz CT molecular complexity index is 250. The number of carboxylic acid groups (broad SMARTS) is 1. The molecule has 0 rings (SSSR count). The summed E-state index contributed by atoms with van der Waals surface area (Å²) < 4.78 is 22.5. The Hall–Kier alpha value is -1.02. The van der Waals surface area contributed by atoms with E-state index in [-0.39, 0.29) is 6.29 Å². The fourth-order valence-electron chi connectivity index (χ4n) is 0.922. The van der Waals surface area contributed by atoms with Gasteiger partial charge in [-0.1, -0.05) is 0 Å². The van der Waals surface area contributed by atoms with Crippen molar-refractivity contribution >= 4 is 12.3 Å². The van der Waals surface area contributed by atoms with E-state index in [9.17, 15) is 19.8 Å². The number of ether oxygens (including phenoxy) is 2. The van der Waals surface area contributed by atoms with Crippen LogP contribution in [-0.4, -0.2) is 66.2 Å². The summed E-state index contributed by atoms with van der Waals surface area (Å²) in [4.78, 5) is 21.1. The zero-order chi connectivity index (χ0) is 13.4. The number of carboxylic acids is 1. The lowest BCUT2D eigenvalue weighted by molar-refractivity contribution is -0.169. The maximum absolute atomic E-state index is 10.5. The van der Waals surface area contributed by atoms with Crippen LogP contribution < -0.4 is 0 Å². The van der Waals surface area contributed by atoms with Crippen molar-refractivity contribution in [2.24, 2.45) is 0 Å². The molecule has 0 aliphatic carbocycles. The number of methoxy groups -OCH3 is 2. The summed E-state index contributed by atoms with van der Waals surface area (Å²) in [5.74, 6) is -1.67. The van der Waals surface area contributed by atoms with Crippen molar-refractivity contribution in [2.75, 3.05) is 14.2 Å². The predicted molar refractivity (Wildman–Crippen MR) is 47.3 cm³/mol. The molecule has 0 unspecified atom stereocenters. The maximum Gasteiger partial charge on any atom is 0.335 e. The number of aliphatic hydroxyl groups excluding tert-OH is 2. The summed E-state index contributed by atoms with van der Waals surface area (Å²) in [6.07, 6.45) is -6.92. The summed E-state index contributed by atoms with van der Waals surface area (Å²) in [5.41, 5.74) is 0. The van der Waals surface area contributed by atoms with Crippen LogP contribution in [0.2, 0.25) is 0 Å². The third-order valence-electron chi connectivity index (χ3n) is 1.76. The average Bonchev–Trinajstić information content (AvgIpc) is 2.31. The molecule has 0 amide bonds. The van der Waals surface area contributed by atoms with Crippen LogP contribution in [0, 0.1) is 0 Å². The third kappa shape index (κ3) is 3.56. The largest absolute Gasteiger partial charge is 0.479 e. The highest BCUT2D eigenvalue weighted by molar-refractivity contribution is 5.73. The van der Waals surface area contributed by atoms with Gasteiger partial charge in [-0.05, 0) is 0 Å². The minimum Gasteiger partial charge on any atom is -0.479 e. The molecule has 0 aliphatic rings. The Morgan fingerprint density at radius 2 is 2.00 bits per heavy atom. The highest BCUT2D eigenvalue weighted by Crippen LogP contribution is 2.10. The highest BCUT2D eigenvalue weighted by Gasteiger charge is 2.36. The molecule has 0 spiro atoms. The van der Waals surface area contributed by atoms with E-state index in [0.717, 1.165) is 0 Å². The molecule has 0 fully saturated rings. The minimum absolute atomic E-state index is 0.161. The molecule has 0 radical (unpaired) electrons. The number of aldehydes is 1. The van der Waals surface area contributed by atoms with Gasteiger partial charge in [-0.3, -0.25) is 0 Å². The number of carbonyl (C=O) groups excluding carboxylic acids is 1. The first-order valence-corrected chi connectivity index (χ1v) is 3.85. The first kappa shape index (κ1) is 10.5. The van der Waals surface area contributed by atoms with Crippen molar-refractivity contribution in [2.45, 2.75) is 24.4 Å². The minimum atomic E-state index is -2.10. The van der Waals surface area contributed by atoms with Crippen LogP contribution in [-0.2, 0) is 19.1 Å². The van der Waals surface area contributed by atoms with Gasteiger partial charge in [0, 0.05) is 14.2 Å². The van der Waals surface area contributed by atoms with Crippen LogP contribution in [0.4, 0.5) is 0 Å². The van der Waals surface area contributed by atoms with Crippen LogP contribution in [0.15, 0.2) is 0 Å². The topological polar surface area (TPSA) is 113 Å². The molecular weight excluding hydrogens is 208 g/mol. The fraction of sp³-hybridized carbons (Fsp3) is 0.750. The molecule has 88 valence electrons. The lowest BCUT2D eigenvalue weighted by Gasteiger charge is -2.26. The summed E-state index contributed by atoms with van der Waals surface area (Å²) >= 11 is 0. The fourth-order valence-corrected chi connectivity index (χ4v) is 0.922. The van der Waals surface area contributed by atoms with Crippen molar-refractivity contribution in [3.63, 3.8) is 0 Å². The van der Waals surface area contributed by atoms with E-state index in [2.05, 4.69) is 9.47 Å². The number of rotatable bonds is 7. The number of hydrogen-bond donors (Lipinski definition) is 3. The zero-order valence-corrected chi connectivity index (χ0v) is 7.78. The summed E-state index contributed by atoms with van der Waals surface area (Å²) in [6, 6.07) is 0. The van der Waals surface area contributed by atoms with Gasteiger partial charge in [0.25, 0.3) is 0 Å². The Morgan fingerprint density at radius 3 is 2.40 bits per heavy atom. The van der Waals surface area contributed by atoms with Crippen LogP contribution in [0.1, 0.15) is 2.74 Å². The zero-order valence-electron chi connectivity index (χ0n) is 9.78. The number of hydrogen-bond acceptors (Lipinski definition) is 6. The number of carbonyl (C=O) groups is 2. The maximum atomic E-state index is 10.5. The van der Waals surface area contributed by atoms with E-state index in [1.807, 2.05) is 0 Å². The van der Waals surface area contributed by atoms with Gasteiger partial charge in [0.1, 0.15) is 18.3 Å². The quantitative estimate of drug-likeness (QED) is 0.429. The van der Waals surface area contributed by atoms with E-state index < -0.39 is 44.6 Å². The monoisotopic (exact) mass is 224 g/mol. The molecule has 0 aromatic carbocycles. The molecule has 0 saturated heterocycles. The standard InChI is InChI=1S/C8H14O7/c1-14-4(3-9)5(10)7(15-2)6(11)8(12)13/h3-7,10-11H,1-2H3,(H,12,13)/t4-,5+,6-,7-/m0/s1/i1D,2D. The molecule has 0 aromatic heterocycles. The first-order chi connectivity index (χ1) is 7.99. The Morgan fingerprint density at radius 1 is 1.40 bits per heavy atom. The van der Waals surface area contributed by atoms with Crippen molar-refractivity contribution in [1.82, 2.24) is 0 Å². The lowest BCUT2D eigenvalue weighted by atomic mass is 10.0. The Kier molecular flexibility index (Phi) is 4.52. The molecular formula is C8H14O7. The second-order valence-corrected chi connectivity index (χ2v) is 2.67. The van der Waals surface area contributed by atoms with Crippen molar-refractivity contribution in [3.8, 4) is 0 Å². The normalized spacial score (nSPS) is 20.7. The van der Waals surface area contributed by atoms with E-state index in [0.29, 0.717) is 0 Å². The predicted octanol–water partition coefficient (Wildman–Crippen LogP) is -1.98. The third-order valence-corrected chi connectivity index (χ3v) is 1.76. The van der Waals surface area contributed by atoms with Gasteiger partial charge in [-0.15, -0.1) is 0 Å². The van der Waals surface area contributed by atoms with Gasteiger partial charge in [0.2, 0.25) is 0 Å². The number of aliphatic carboxylic acids is 1. The molecule has 0 saturated carbocycles. The average molecular weight is 224 g/mol. The summed E-state index contributed by atoms with van der Waals surface area (Å²) in [7, 11) is -1.34. The molecule has 0 aliphatic heterocycles. The van der Waals surface area contributed by atoms with E-state index in [1.54, 1.807) is 0 Å². The molecule has 0 aromatic rings. The summed E-state index contributed by atoms with van der Waals surface area (Å²) in [5, 5.41) is 27.3. The summed E-state index contributed by atoms with van der Waals surface area (Å²) in [6.45, 7) is 0. The van der Waals surface area contributed by atoms with Crippen LogP contribution in [0.5, 0.6) is 0 Å². The van der Waals surface area contributed by atoms with Gasteiger partial charge in [-0.25, -0.2) is 4.79 Å². The smallest absolute Gasteiger partial charge is 0.335 e. The van der Waals surface area contributed by atoms with Crippen LogP contribution >= 0.6 is 0 Å². The van der Waals surface area contributed by atoms with Crippen LogP contribution in [0.25, 0.3) is 0 Å². The molecule has 3 N–H and O–H groups in total. The first-order valence-electron chi connectivity index (χ1n) is 5.26. The molecule has 0 heterocycles. The van der Waals surface area contributed by atoms with E-state index in [1.165, 1.54) is 0 Å². The van der Waals surface area contributed by atoms with Gasteiger partial charge < -0.3 is 29.6 Å².